The Morgan fingerprint density at radius 3 is 2.36 bits per heavy atom. The molecule has 0 saturated heterocycles. The van der Waals surface area contributed by atoms with Gasteiger partial charge >= 0.3 is 5.97 Å². The summed E-state index contributed by atoms with van der Waals surface area (Å²) in [6, 6.07) is 7.60. The fraction of sp³-hybridized carbons (Fsp3) is 0.444. The first kappa shape index (κ1) is 13.6. The van der Waals surface area contributed by atoms with Crippen LogP contribution in [0.15, 0.2) is 36.4 Å². The highest BCUT2D eigenvalue weighted by atomic mass is 16.4. The molecule has 0 radical (unpaired) electrons. The van der Waals surface area contributed by atoms with Crippen LogP contribution in [0.4, 0.5) is 5.69 Å². The molecule has 4 aliphatic carbocycles. The number of para-hydroxylation sites is 1. The van der Waals surface area contributed by atoms with Crippen LogP contribution in [0.25, 0.3) is 0 Å². The van der Waals surface area contributed by atoms with Crippen LogP contribution in [0.3, 0.4) is 0 Å². The first-order valence-corrected chi connectivity index (χ1v) is 7.85. The number of rotatable bonds is 3. The molecule has 0 heterocycles. The molecule has 4 heteroatoms. The minimum absolute atomic E-state index is 0.0279. The van der Waals surface area contributed by atoms with Gasteiger partial charge in [-0.05, 0) is 48.6 Å². The van der Waals surface area contributed by atoms with Crippen molar-refractivity contribution in [1.82, 2.24) is 0 Å². The lowest BCUT2D eigenvalue weighted by atomic mass is 9.62. The Balaban J connectivity index is 1.63. The Labute approximate surface area is 129 Å². The number of amides is 1. The lowest BCUT2D eigenvalue weighted by Gasteiger charge is -2.41. The number of fused-ring (bicyclic) bond motifs is 1. The molecular weight excluding hydrogens is 278 g/mol. The third-order valence-electron chi connectivity index (χ3n) is 5.64. The first-order valence-electron chi connectivity index (χ1n) is 7.85. The van der Waals surface area contributed by atoms with Crippen LogP contribution in [-0.2, 0) is 9.59 Å². The Kier molecular flexibility index (Phi) is 2.90. The van der Waals surface area contributed by atoms with E-state index in [1.165, 1.54) is 0 Å². The molecule has 0 aliphatic heterocycles. The molecule has 5 rings (SSSR count). The van der Waals surface area contributed by atoms with Crippen LogP contribution in [-0.4, -0.2) is 17.0 Å². The van der Waals surface area contributed by atoms with Crippen LogP contribution in [0.1, 0.15) is 12.0 Å². The zero-order chi connectivity index (χ0) is 15.4. The summed E-state index contributed by atoms with van der Waals surface area (Å²) in [6.45, 7) is 1.94. The molecule has 2 fully saturated rings. The minimum atomic E-state index is -0.838. The molecule has 114 valence electrons. The van der Waals surface area contributed by atoms with Crippen molar-refractivity contribution in [3.8, 4) is 0 Å². The monoisotopic (exact) mass is 297 g/mol. The van der Waals surface area contributed by atoms with Crippen molar-refractivity contribution in [2.45, 2.75) is 13.3 Å². The van der Waals surface area contributed by atoms with Crippen molar-refractivity contribution >= 4 is 17.6 Å². The number of carbonyl (C=O) groups excluding carboxylic acids is 1. The van der Waals surface area contributed by atoms with E-state index in [-0.39, 0.29) is 17.7 Å². The number of carbonyl (C=O) groups is 2. The van der Waals surface area contributed by atoms with Crippen molar-refractivity contribution in [2.75, 3.05) is 5.32 Å². The molecule has 2 saturated carbocycles. The molecule has 4 nitrogen and oxygen atoms in total. The zero-order valence-electron chi connectivity index (χ0n) is 12.4. The summed E-state index contributed by atoms with van der Waals surface area (Å²) in [6.07, 6.45) is 5.19. The number of anilines is 1. The summed E-state index contributed by atoms with van der Waals surface area (Å²) in [5.41, 5.74) is 1.76. The fourth-order valence-electron chi connectivity index (χ4n) is 4.50. The Hall–Kier alpha value is -2.10. The van der Waals surface area contributed by atoms with E-state index in [2.05, 4.69) is 11.4 Å². The van der Waals surface area contributed by atoms with Crippen LogP contribution in [0, 0.1) is 42.4 Å². The Bertz CT molecular complexity index is 681. The standard InChI is InChI=1S/C18H19NO3/c1-9-4-2-3-5-14(9)19-17(20)15-10-6-7-11(13-8-12(10)13)16(15)18(21)22/h2-7,10-13,15-16H,8H2,1H3,(H,19,20)(H,21,22)/t10-,11-,12-,13-,15+,16+/m0/s1. The molecule has 4 aliphatic rings. The van der Waals surface area contributed by atoms with E-state index in [1.54, 1.807) is 0 Å². The van der Waals surface area contributed by atoms with Crippen molar-refractivity contribution in [1.29, 1.82) is 0 Å². The Morgan fingerprint density at radius 1 is 1.09 bits per heavy atom. The molecule has 0 unspecified atom stereocenters. The molecule has 6 atom stereocenters. The highest BCUT2D eigenvalue weighted by molar-refractivity contribution is 5.96. The van der Waals surface area contributed by atoms with Crippen molar-refractivity contribution in [3.05, 3.63) is 42.0 Å². The molecule has 2 bridgehead atoms. The average Bonchev–Trinajstić information content (AvgIpc) is 3.30. The predicted octanol–water partition coefficient (Wildman–Crippen LogP) is 2.70. The second-order valence-electron chi connectivity index (χ2n) is 6.80. The van der Waals surface area contributed by atoms with Gasteiger partial charge in [0.2, 0.25) is 5.91 Å². The first-order chi connectivity index (χ1) is 10.6. The maximum atomic E-state index is 12.8. The second kappa shape index (κ2) is 4.70. The van der Waals surface area contributed by atoms with Gasteiger partial charge in [-0.2, -0.15) is 0 Å². The van der Waals surface area contributed by atoms with Crippen LogP contribution in [0.5, 0.6) is 0 Å². The van der Waals surface area contributed by atoms with Gasteiger partial charge in [0, 0.05) is 5.69 Å². The molecule has 1 amide bonds. The van der Waals surface area contributed by atoms with Crippen molar-refractivity contribution in [3.63, 3.8) is 0 Å². The number of hydrogen-bond donors (Lipinski definition) is 2. The molecule has 0 aromatic heterocycles. The van der Waals surface area contributed by atoms with Crippen LogP contribution < -0.4 is 5.32 Å². The van der Waals surface area contributed by atoms with Crippen LogP contribution >= 0.6 is 0 Å². The maximum Gasteiger partial charge on any atom is 0.307 e. The number of benzene rings is 1. The number of carboxylic acid groups (broad SMARTS) is 1. The SMILES string of the molecule is Cc1ccccc1NC(=O)[C@@H]1[C@H]2C=C[C@@H]([C@@H]3C[C@@H]23)[C@H]1C(=O)O. The van der Waals surface area contributed by atoms with E-state index in [9.17, 15) is 14.7 Å². The van der Waals surface area contributed by atoms with Gasteiger partial charge in [0.15, 0.2) is 0 Å². The average molecular weight is 297 g/mol. The quantitative estimate of drug-likeness (QED) is 0.843. The van der Waals surface area contributed by atoms with Gasteiger partial charge in [-0.25, -0.2) is 0 Å². The number of hydrogen-bond acceptors (Lipinski definition) is 2. The summed E-state index contributed by atoms with van der Waals surface area (Å²) in [5.74, 6) is -0.906. The van der Waals surface area contributed by atoms with Gasteiger partial charge < -0.3 is 10.4 Å². The van der Waals surface area contributed by atoms with Crippen LogP contribution in [0.2, 0.25) is 0 Å². The van der Waals surface area contributed by atoms with Gasteiger partial charge in [0.05, 0.1) is 11.8 Å². The normalized spacial score (nSPS) is 37.5. The minimum Gasteiger partial charge on any atom is -0.481 e. The Morgan fingerprint density at radius 2 is 1.73 bits per heavy atom. The largest absolute Gasteiger partial charge is 0.481 e. The lowest BCUT2D eigenvalue weighted by molar-refractivity contribution is -0.152. The molecule has 1 aromatic rings. The highest BCUT2D eigenvalue weighted by Gasteiger charge is 2.62. The summed E-state index contributed by atoms with van der Waals surface area (Å²) in [4.78, 5) is 24.5. The molecular formula is C18H19NO3. The predicted molar refractivity (Wildman–Crippen MR) is 82.1 cm³/mol. The molecule has 2 N–H and O–H groups in total. The topological polar surface area (TPSA) is 66.4 Å². The number of allylic oxidation sites excluding steroid dienone is 2. The lowest BCUT2D eigenvalue weighted by Crippen LogP contribution is -2.48. The third-order valence-corrected chi connectivity index (χ3v) is 5.64. The van der Waals surface area contributed by atoms with E-state index in [0.29, 0.717) is 11.8 Å². The van der Waals surface area contributed by atoms with Gasteiger partial charge in [0.1, 0.15) is 0 Å². The smallest absolute Gasteiger partial charge is 0.307 e. The van der Waals surface area contributed by atoms with Crippen molar-refractivity contribution < 1.29 is 14.7 Å². The van der Waals surface area contributed by atoms with Gasteiger partial charge in [-0.1, -0.05) is 30.4 Å². The van der Waals surface area contributed by atoms with Crippen molar-refractivity contribution in [2.24, 2.45) is 35.5 Å². The summed E-state index contributed by atoms with van der Waals surface area (Å²) in [5, 5.41) is 12.6. The number of aliphatic carboxylic acids is 1. The van der Waals surface area contributed by atoms with Gasteiger partial charge in [0.25, 0.3) is 0 Å². The molecule has 0 spiro atoms. The number of carboxylic acids is 1. The van der Waals surface area contributed by atoms with Gasteiger partial charge in [-0.15, -0.1) is 0 Å². The fourth-order valence-corrected chi connectivity index (χ4v) is 4.50. The maximum absolute atomic E-state index is 12.8. The van der Waals surface area contributed by atoms with E-state index < -0.39 is 17.8 Å². The van der Waals surface area contributed by atoms with E-state index in [4.69, 9.17) is 0 Å². The number of nitrogens with one attached hydrogen (secondary N) is 1. The summed E-state index contributed by atoms with van der Waals surface area (Å²) >= 11 is 0. The third kappa shape index (κ3) is 1.90. The summed E-state index contributed by atoms with van der Waals surface area (Å²) < 4.78 is 0. The number of aryl methyl sites for hydroxylation is 1. The van der Waals surface area contributed by atoms with E-state index in [0.717, 1.165) is 17.7 Å². The summed E-state index contributed by atoms with van der Waals surface area (Å²) in [7, 11) is 0. The second-order valence-corrected chi connectivity index (χ2v) is 6.80. The molecule has 1 aromatic carbocycles. The van der Waals surface area contributed by atoms with Gasteiger partial charge in [-0.3, -0.25) is 9.59 Å². The highest BCUT2D eigenvalue weighted by Crippen LogP contribution is 2.63. The molecule has 22 heavy (non-hydrogen) atoms. The zero-order valence-corrected chi connectivity index (χ0v) is 12.4. The van der Waals surface area contributed by atoms with E-state index in [1.807, 2.05) is 37.3 Å². The van der Waals surface area contributed by atoms with E-state index >= 15 is 0 Å².